The van der Waals surface area contributed by atoms with Crippen molar-refractivity contribution >= 4 is 62.1 Å². The fraction of sp³-hybridized carbons (Fsp3) is 0.255. The van der Waals surface area contributed by atoms with E-state index >= 15 is 0 Å². The minimum atomic E-state index is -2.26. The number of aliphatic hydroxyl groups is 1. The predicted octanol–water partition coefficient (Wildman–Crippen LogP) is 12.4. The lowest BCUT2D eigenvalue weighted by Gasteiger charge is -2.08. The molecule has 0 radical (unpaired) electrons. The maximum atomic E-state index is 11.9. The summed E-state index contributed by atoms with van der Waals surface area (Å²) in [5.41, 5.74) is 1.65. The van der Waals surface area contributed by atoms with Crippen molar-refractivity contribution < 1.29 is 51.9 Å². The van der Waals surface area contributed by atoms with Crippen LogP contribution in [0.3, 0.4) is 0 Å². The number of hydrogen-bond acceptors (Lipinski definition) is 14. The van der Waals surface area contributed by atoms with E-state index in [2.05, 4.69) is 15.0 Å². The van der Waals surface area contributed by atoms with E-state index < -0.39 is 40.9 Å². The van der Waals surface area contributed by atoms with Crippen LogP contribution in [0.15, 0.2) is 182 Å². The van der Waals surface area contributed by atoms with E-state index in [0.29, 0.717) is 0 Å². The highest BCUT2D eigenvalue weighted by Gasteiger charge is 2.13. The van der Waals surface area contributed by atoms with Gasteiger partial charge in [0.2, 0.25) is 17.6 Å². The largest absolute Gasteiger partial charge is 0.522 e. The molecule has 3 heterocycles. The fourth-order valence-electron chi connectivity index (χ4n) is 5.16. The SMILES string of the molecule is CC.CC.CP(C)(=O)c1ccc(CO)cc1.CP(C)(=O)c1ccc(COC(=O)Oc2ccccn2)cc1.CP(C)(=O)c1ccccc1.CP(C)(=O)c1ccccc1.O=C(Oc1ccccn1)Oc1ccccn1. The van der Waals surface area contributed by atoms with Gasteiger partial charge in [0.25, 0.3) is 0 Å². The highest BCUT2D eigenvalue weighted by Crippen LogP contribution is 2.36. The molecule has 0 fully saturated rings. The van der Waals surface area contributed by atoms with E-state index in [9.17, 15) is 27.8 Å². The van der Waals surface area contributed by atoms with Gasteiger partial charge < -0.3 is 42.3 Å². The van der Waals surface area contributed by atoms with Crippen molar-refractivity contribution in [1.29, 1.82) is 0 Å². The van der Waals surface area contributed by atoms with Crippen molar-refractivity contribution in [1.82, 2.24) is 15.0 Å². The molecule has 0 saturated carbocycles. The Bertz CT molecular complexity index is 2690. The Hall–Kier alpha value is -6.25. The molecule has 4 aromatic carbocycles. The molecule has 7 aromatic rings. The Labute approximate surface area is 432 Å². The lowest BCUT2D eigenvalue weighted by molar-refractivity contribution is 0.0912. The third-order valence-corrected chi connectivity index (χ3v) is 15.1. The number of benzene rings is 4. The van der Waals surface area contributed by atoms with Crippen molar-refractivity contribution in [3.05, 3.63) is 194 Å². The average molecular weight is 1070 g/mol. The summed E-state index contributed by atoms with van der Waals surface area (Å²) in [5, 5.41) is 12.3. The van der Waals surface area contributed by atoms with Gasteiger partial charge in [-0.3, -0.25) is 0 Å². The van der Waals surface area contributed by atoms with Gasteiger partial charge in [-0.2, -0.15) is 0 Å². The van der Waals surface area contributed by atoms with Crippen LogP contribution in [0.1, 0.15) is 38.8 Å². The highest BCUT2D eigenvalue weighted by atomic mass is 31.2. The lowest BCUT2D eigenvalue weighted by Crippen LogP contribution is -2.14. The molecular weight excluding hydrogens is 1000 g/mol. The second kappa shape index (κ2) is 34.2. The third-order valence-electron chi connectivity index (χ3n) is 8.89. The van der Waals surface area contributed by atoms with Crippen LogP contribution in [-0.4, -0.2) is 85.7 Å². The molecule has 0 aliphatic heterocycles. The first kappa shape index (κ1) is 64.8. The van der Waals surface area contributed by atoms with Crippen LogP contribution < -0.4 is 35.4 Å². The van der Waals surface area contributed by atoms with Crippen LogP contribution in [0.2, 0.25) is 0 Å². The molecule has 1 N–H and O–H groups in total. The average Bonchev–Trinajstić information content (AvgIpc) is 3.38. The van der Waals surface area contributed by atoms with Gasteiger partial charge in [0.05, 0.1) is 6.61 Å². The standard InChI is InChI=1S/C15H16NO4P.C11H8N2O3.C9H13O2P.2C8H11OP.2C2H6/c1-21(2,18)13-8-6-12(7-9-13)11-19-15(17)20-14-5-3-4-10-16-14;14-11(15-9-5-1-3-7-12-9)16-10-6-2-4-8-13-10;1-12(2,11)9-5-3-8(7-10)4-6-9;2*1-10(2,9)8-6-4-3-5-7-8;2*1-2/h3-10H,11H2,1-2H3;1-8H;3-6,10H,7H2,1-2H3;2*3-7H,1-2H3;2*1-2H3. The van der Waals surface area contributed by atoms with E-state index in [4.69, 9.17) is 24.1 Å². The van der Waals surface area contributed by atoms with Crippen LogP contribution in [0.25, 0.3) is 0 Å². The van der Waals surface area contributed by atoms with E-state index in [-0.39, 0.29) is 30.9 Å². The van der Waals surface area contributed by atoms with Crippen molar-refractivity contribution in [2.24, 2.45) is 0 Å². The quantitative estimate of drug-likeness (QED) is 0.100. The second-order valence-corrected chi connectivity index (χ2v) is 29.0. The van der Waals surface area contributed by atoms with E-state index in [1.165, 1.54) is 18.6 Å². The number of nitrogens with zero attached hydrogens (tertiary/aromatic N) is 3. The summed E-state index contributed by atoms with van der Waals surface area (Å²) in [5.74, 6) is 0.558. The Morgan fingerprint density at radius 2 is 0.658 bits per heavy atom. The summed E-state index contributed by atoms with van der Waals surface area (Å²) < 4.78 is 65.8. The molecule has 0 atom stereocenters. The number of carbonyl (C=O) groups is 2. The van der Waals surface area contributed by atoms with E-state index in [0.717, 1.165) is 32.3 Å². The fourth-order valence-corrected chi connectivity index (χ4v) is 8.67. The highest BCUT2D eigenvalue weighted by molar-refractivity contribution is 7.71. The van der Waals surface area contributed by atoms with Crippen molar-refractivity contribution in [2.75, 3.05) is 53.3 Å². The van der Waals surface area contributed by atoms with Gasteiger partial charge in [-0.15, -0.1) is 0 Å². The van der Waals surface area contributed by atoms with Gasteiger partial charge in [0.1, 0.15) is 35.2 Å². The first-order valence-corrected chi connectivity index (χ1v) is 33.5. The molecule has 14 nitrogen and oxygen atoms in total. The molecule has 0 amide bonds. The third kappa shape index (κ3) is 28.5. The Balaban J connectivity index is 0.000000461. The van der Waals surface area contributed by atoms with Gasteiger partial charge in [-0.05, 0) is 82.6 Å². The molecule has 3 aromatic heterocycles. The zero-order valence-corrected chi connectivity index (χ0v) is 47.5. The summed E-state index contributed by atoms with van der Waals surface area (Å²) in [6, 6.07) is 48.4. The van der Waals surface area contributed by atoms with Crippen LogP contribution in [0, 0.1) is 0 Å². The molecular formula is C55H71N3O11P4. The zero-order chi connectivity index (χ0) is 54.9. The molecule has 0 aliphatic rings. The minimum absolute atomic E-state index is 0.0397. The molecule has 0 bridgehead atoms. The van der Waals surface area contributed by atoms with Crippen LogP contribution >= 0.6 is 28.6 Å². The molecule has 7 rings (SSSR count). The number of aliphatic hydroxyl groups excluding tert-OH is 1. The summed E-state index contributed by atoms with van der Waals surface area (Å²) >= 11 is 0. The van der Waals surface area contributed by atoms with Crippen molar-refractivity contribution in [2.45, 2.75) is 40.9 Å². The Kier molecular flexibility index (Phi) is 30.4. The number of hydrogen-bond donors (Lipinski definition) is 1. The minimum Gasteiger partial charge on any atom is -0.429 e. The van der Waals surface area contributed by atoms with Gasteiger partial charge >= 0.3 is 12.3 Å². The Morgan fingerprint density at radius 1 is 0.384 bits per heavy atom. The molecule has 18 heteroatoms. The molecule has 0 saturated heterocycles. The molecule has 0 unspecified atom stereocenters. The molecule has 73 heavy (non-hydrogen) atoms. The van der Waals surface area contributed by atoms with Gasteiger partial charge in [0, 0.05) is 58.0 Å². The van der Waals surface area contributed by atoms with Crippen molar-refractivity contribution in [3.8, 4) is 17.6 Å². The first-order chi connectivity index (χ1) is 34.5. The Morgan fingerprint density at radius 3 is 0.918 bits per heavy atom. The number of carbonyl (C=O) groups excluding carboxylic acids is 2. The molecule has 0 aliphatic carbocycles. The van der Waals surface area contributed by atoms with Gasteiger partial charge in [-0.25, -0.2) is 24.5 Å². The maximum Gasteiger partial charge on any atom is 0.522 e. The topological polar surface area (TPSA) is 198 Å². The second-order valence-electron chi connectivity index (χ2n) is 16.2. The molecule has 392 valence electrons. The zero-order valence-electron chi connectivity index (χ0n) is 43.9. The smallest absolute Gasteiger partial charge is 0.429 e. The number of aromatic nitrogens is 3. The van der Waals surface area contributed by atoms with Crippen LogP contribution in [0.4, 0.5) is 9.59 Å². The van der Waals surface area contributed by atoms with Crippen molar-refractivity contribution in [3.63, 3.8) is 0 Å². The summed E-state index contributed by atoms with van der Waals surface area (Å²) in [6.07, 6.45) is 2.88. The molecule has 0 spiro atoms. The monoisotopic (exact) mass is 1070 g/mol. The first-order valence-electron chi connectivity index (χ1n) is 23.1. The van der Waals surface area contributed by atoms with E-state index in [1.807, 2.05) is 100 Å². The number of ether oxygens (including phenoxy) is 4. The predicted molar refractivity (Wildman–Crippen MR) is 301 cm³/mol. The van der Waals surface area contributed by atoms with Gasteiger partial charge in [-0.1, -0.05) is 155 Å². The van der Waals surface area contributed by atoms with Crippen LogP contribution in [0.5, 0.6) is 17.6 Å². The maximum absolute atomic E-state index is 11.9. The normalized spacial score (nSPS) is 10.4. The summed E-state index contributed by atoms with van der Waals surface area (Å²) in [6.45, 7) is 22.1. The lowest BCUT2D eigenvalue weighted by atomic mass is 10.2. The number of rotatable bonds is 10. The summed E-state index contributed by atoms with van der Waals surface area (Å²) in [7, 11) is -8.43. The van der Waals surface area contributed by atoms with E-state index in [1.54, 1.807) is 144 Å². The summed E-state index contributed by atoms with van der Waals surface area (Å²) in [4.78, 5) is 34.2. The van der Waals surface area contributed by atoms with Gasteiger partial charge in [0.15, 0.2) is 0 Å². The van der Waals surface area contributed by atoms with Crippen LogP contribution in [-0.2, 0) is 36.2 Å². The number of pyridine rings is 3.